The Hall–Kier alpha value is -2.49. The van der Waals surface area contributed by atoms with Gasteiger partial charge in [0.25, 0.3) is 0 Å². The summed E-state index contributed by atoms with van der Waals surface area (Å²) in [6.07, 6.45) is 0. The first-order valence-electron chi connectivity index (χ1n) is 6.38. The summed E-state index contributed by atoms with van der Waals surface area (Å²) in [5.74, 6) is 2.49. The van der Waals surface area contributed by atoms with Crippen molar-refractivity contribution in [2.45, 2.75) is 6.92 Å². The molecule has 0 heterocycles. The van der Waals surface area contributed by atoms with E-state index >= 15 is 0 Å². The second kappa shape index (κ2) is 6.61. The minimum atomic E-state index is 0.800. The van der Waals surface area contributed by atoms with E-state index in [4.69, 9.17) is 9.47 Å². The summed E-state index contributed by atoms with van der Waals surface area (Å²) < 4.78 is 10.6. The molecule has 0 bridgehead atoms. The normalized spacial score (nSPS) is 11.1. The molecule has 0 spiro atoms. The molecule has 0 amide bonds. The van der Waals surface area contributed by atoms with Crippen molar-refractivity contribution in [3.8, 4) is 11.5 Å². The van der Waals surface area contributed by atoms with Crippen molar-refractivity contribution >= 4 is 17.2 Å². The number of hydrogen-bond acceptors (Lipinski definition) is 2. The first-order chi connectivity index (χ1) is 9.74. The van der Waals surface area contributed by atoms with Crippen LogP contribution in [-0.4, -0.2) is 20.1 Å². The maximum absolute atomic E-state index is 5.31. The van der Waals surface area contributed by atoms with Gasteiger partial charge in [0, 0.05) is 6.92 Å². The summed E-state index contributed by atoms with van der Waals surface area (Å²) in [7, 11) is 3.31. The van der Waals surface area contributed by atoms with Gasteiger partial charge in [-0.1, -0.05) is 24.3 Å². The number of nitrogens with one attached hydrogen (secondary N) is 2. The van der Waals surface area contributed by atoms with Gasteiger partial charge < -0.3 is 9.47 Å². The van der Waals surface area contributed by atoms with Crippen molar-refractivity contribution in [1.82, 2.24) is 0 Å². The smallest absolute Gasteiger partial charge is 0.249 e. The molecule has 0 atom stereocenters. The van der Waals surface area contributed by atoms with E-state index in [0.29, 0.717) is 0 Å². The van der Waals surface area contributed by atoms with Gasteiger partial charge in [-0.05, 0) is 24.3 Å². The number of methoxy groups -OCH3 is 2. The van der Waals surface area contributed by atoms with Gasteiger partial charge in [-0.15, -0.1) is 0 Å². The molecule has 2 aromatic rings. The predicted molar refractivity (Wildman–Crippen MR) is 80.9 cm³/mol. The molecule has 0 radical (unpaired) electrons. The quantitative estimate of drug-likeness (QED) is 0.660. The van der Waals surface area contributed by atoms with Crippen molar-refractivity contribution in [2.24, 2.45) is 0 Å². The van der Waals surface area contributed by atoms with Gasteiger partial charge >= 0.3 is 0 Å². The fourth-order valence-corrected chi connectivity index (χ4v) is 1.93. The molecule has 104 valence electrons. The lowest BCUT2D eigenvalue weighted by atomic mass is 10.3. The van der Waals surface area contributed by atoms with Gasteiger partial charge in [0.05, 0.1) is 14.2 Å². The number of rotatable bonds is 4. The van der Waals surface area contributed by atoms with E-state index in [1.165, 1.54) is 0 Å². The van der Waals surface area contributed by atoms with Crippen molar-refractivity contribution in [3.05, 3.63) is 48.5 Å². The highest BCUT2D eigenvalue weighted by atomic mass is 16.5. The van der Waals surface area contributed by atoms with E-state index in [1.54, 1.807) is 14.2 Å². The van der Waals surface area contributed by atoms with Crippen LogP contribution < -0.4 is 19.8 Å². The summed E-state index contributed by atoms with van der Waals surface area (Å²) >= 11 is 0. The lowest BCUT2D eigenvalue weighted by Crippen LogP contribution is -2.67. The van der Waals surface area contributed by atoms with Crippen LogP contribution in [0.1, 0.15) is 6.92 Å². The molecule has 2 rings (SSSR count). The standard InChI is InChI=1S/C16H18N2O2/c1-12(17-13-8-4-6-10-15(13)19-2)18-14-9-5-7-11-16(14)20-3/h4-11H,1-3H3,(H,17,18)/p+1. The average molecular weight is 271 g/mol. The Labute approximate surface area is 119 Å². The Morgan fingerprint density at radius 3 is 2.20 bits per heavy atom. The van der Waals surface area contributed by atoms with Gasteiger partial charge in [0.2, 0.25) is 5.84 Å². The van der Waals surface area contributed by atoms with Gasteiger partial charge in [-0.2, -0.15) is 0 Å². The summed E-state index contributed by atoms with van der Waals surface area (Å²) in [6, 6.07) is 15.6. The molecule has 0 aliphatic heterocycles. The third kappa shape index (κ3) is 3.29. The Balaban J connectivity index is 2.23. The molecule has 20 heavy (non-hydrogen) atoms. The molecule has 0 aliphatic carbocycles. The van der Waals surface area contributed by atoms with Crippen molar-refractivity contribution in [2.75, 3.05) is 19.5 Å². The van der Waals surface area contributed by atoms with Gasteiger partial charge in [-0.3, -0.25) is 0 Å². The number of hydrogen-bond donors (Lipinski definition) is 2. The van der Waals surface area contributed by atoms with Crippen molar-refractivity contribution < 1.29 is 14.5 Å². The molecule has 0 aliphatic rings. The van der Waals surface area contributed by atoms with Crippen LogP contribution in [0.2, 0.25) is 0 Å². The Morgan fingerprint density at radius 1 is 0.900 bits per heavy atom. The number of amidine groups is 1. The van der Waals surface area contributed by atoms with Crippen LogP contribution in [0.4, 0.5) is 11.4 Å². The second-order valence-electron chi connectivity index (χ2n) is 4.28. The largest absolute Gasteiger partial charge is 0.492 e. The molecule has 4 nitrogen and oxygen atoms in total. The SMILES string of the molecule is COc1ccccc1NC(C)=[NH+]c1ccccc1OC. The summed E-state index contributed by atoms with van der Waals surface area (Å²) in [4.78, 5) is 3.29. The first-order valence-corrected chi connectivity index (χ1v) is 6.38. The fourth-order valence-electron chi connectivity index (χ4n) is 1.93. The second-order valence-corrected chi connectivity index (χ2v) is 4.28. The summed E-state index contributed by atoms with van der Waals surface area (Å²) in [5.41, 5.74) is 1.82. The van der Waals surface area contributed by atoms with Crippen molar-refractivity contribution in [1.29, 1.82) is 0 Å². The van der Waals surface area contributed by atoms with Crippen LogP contribution in [0.15, 0.2) is 48.5 Å². The molecule has 0 fully saturated rings. The highest BCUT2D eigenvalue weighted by Gasteiger charge is 2.09. The van der Waals surface area contributed by atoms with Crippen LogP contribution in [0, 0.1) is 0 Å². The molecule has 2 N–H and O–H groups in total. The summed E-state index contributed by atoms with van der Waals surface area (Å²) in [5, 5.41) is 3.29. The maximum atomic E-state index is 5.31. The molecule has 0 saturated carbocycles. The molecule has 0 saturated heterocycles. The number of ether oxygens (including phenoxy) is 2. The number of para-hydroxylation sites is 4. The maximum Gasteiger partial charge on any atom is 0.249 e. The fraction of sp³-hybridized carbons (Fsp3) is 0.188. The lowest BCUT2D eigenvalue weighted by molar-refractivity contribution is -0.355. The molecule has 0 aromatic heterocycles. The molecule has 4 heteroatoms. The van der Waals surface area contributed by atoms with Crippen LogP contribution in [0.5, 0.6) is 11.5 Å². The van der Waals surface area contributed by atoms with Crippen LogP contribution >= 0.6 is 0 Å². The van der Waals surface area contributed by atoms with E-state index in [0.717, 1.165) is 28.7 Å². The zero-order valence-electron chi connectivity index (χ0n) is 11.9. The monoisotopic (exact) mass is 271 g/mol. The van der Waals surface area contributed by atoms with Crippen LogP contribution in [0.3, 0.4) is 0 Å². The number of anilines is 1. The third-order valence-corrected chi connectivity index (χ3v) is 2.86. The van der Waals surface area contributed by atoms with Crippen LogP contribution in [0.25, 0.3) is 0 Å². The zero-order valence-corrected chi connectivity index (χ0v) is 11.9. The van der Waals surface area contributed by atoms with E-state index in [2.05, 4.69) is 10.3 Å². The van der Waals surface area contributed by atoms with Crippen molar-refractivity contribution in [3.63, 3.8) is 0 Å². The summed E-state index contributed by atoms with van der Waals surface area (Å²) in [6.45, 7) is 1.96. The van der Waals surface area contributed by atoms with E-state index < -0.39 is 0 Å². The molecular formula is C16H19N2O2+. The number of benzene rings is 2. The van der Waals surface area contributed by atoms with E-state index in [-0.39, 0.29) is 0 Å². The van der Waals surface area contributed by atoms with Gasteiger partial charge in [0.15, 0.2) is 22.9 Å². The molecule has 0 unspecified atom stereocenters. The molecule has 2 aromatic carbocycles. The topological polar surface area (TPSA) is 44.5 Å². The van der Waals surface area contributed by atoms with E-state index in [9.17, 15) is 0 Å². The average Bonchev–Trinajstić information content (AvgIpc) is 2.48. The molecular weight excluding hydrogens is 252 g/mol. The highest BCUT2D eigenvalue weighted by Crippen LogP contribution is 2.22. The van der Waals surface area contributed by atoms with Crippen LogP contribution in [-0.2, 0) is 0 Å². The third-order valence-electron chi connectivity index (χ3n) is 2.86. The van der Waals surface area contributed by atoms with Gasteiger partial charge in [0.1, 0.15) is 0 Å². The minimum Gasteiger partial charge on any atom is -0.492 e. The Bertz CT molecular complexity index is 609. The highest BCUT2D eigenvalue weighted by molar-refractivity contribution is 5.91. The van der Waals surface area contributed by atoms with E-state index in [1.807, 2.05) is 55.5 Å². The predicted octanol–water partition coefficient (Wildman–Crippen LogP) is 1.95. The van der Waals surface area contributed by atoms with Gasteiger partial charge in [-0.25, -0.2) is 10.3 Å². The zero-order chi connectivity index (χ0) is 14.4. The Kier molecular flexibility index (Phi) is 4.60. The minimum absolute atomic E-state index is 0.800. The Morgan fingerprint density at radius 2 is 1.50 bits per heavy atom. The lowest BCUT2D eigenvalue weighted by Gasteiger charge is -2.06. The first kappa shape index (κ1) is 13.9.